The predicted molar refractivity (Wildman–Crippen MR) is 142 cm³/mol. The maximum absolute atomic E-state index is 12.7. The van der Waals surface area contributed by atoms with Gasteiger partial charge < -0.3 is 24.8 Å². The summed E-state index contributed by atoms with van der Waals surface area (Å²) in [6.07, 6.45) is -0.561. The lowest BCUT2D eigenvalue weighted by molar-refractivity contribution is 0.0636. The minimum atomic E-state index is -0.642. The maximum atomic E-state index is 12.7. The third-order valence-electron chi connectivity index (χ3n) is 5.71. The number of rotatable bonds is 6. The Morgan fingerprint density at radius 2 is 1.86 bits per heavy atom. The summed E-state index contributed by atoms with van der Waals surface area (Å²) in [6.45, 7) is 8.69. The average Bonchev–Trinajstić information content (AvgIpc) is 3.11. The molecule has 4 rings (SSSR count). The van der Waals surface area contributed by atoms with Crippen LogP contribution < -0.4 is 20.7 Å². The van der Waals surface area contributed by atoms with Crippen LogP contribution in [0, 0.1) is 0 Å². The fraction of sp³-hybridized carbons (Fsp3) is 0.385. The van der Waals surface area contributed by atoms with Crippen molar-refractivity contribution < 1.29 is 19.0 Å². The van der Waals surface area contributed by atoms with Gasteiger partial charge in [0.1, 0.15) is 11.4 Å². The summed E-state index contributed by atoms with van der Waals surface area (Å²) < 4.78 is 18.0. The van der Waals surface area contributed by atoms with Crippen molar-refractivity contribution in [2.45, 2.75) is 32.9 Å². The van der Waals surface area contributed by atoms with Crippen molar-refractivity contribution in [2.24, 2.45) is 0 Å². The Hall–Kier alpha value is -3.43. The molecule has 1 aliphatic heterocycles. The zero-order chi connectivity index (χ0) is 25.9. The highest BCUT2D eigenvalue weighted by atomic mass is 35.5. The molecule has 0 bridgehead atoms. The zero-order valence-electron chi connectivity index (χ0n) is 21.0. The molecule has 3 aromatic rings. The lowest BCUT2D eigenvalue weighted by Crippen LogP contribution is -2.36. The van der Waals surface area contributed by atoms with Crippen LogP contribution in [0.5, 0.6) is 5.75 Å². The number of nitrogens with two attached hydrogens (primary N) is 1. The number of hydrogen-bond donors (Lipinski definition) is 2. The molecule has 9 nitrogen and oxygen atoms in total. The summed E-state index contributed by atoms with van der Waals surface area (Å²) in [5.74, 6) is 0.763. The Labute approximate surface area is 216 Å². The quantitative estimate of drug-likeness (QED) is 0.476. The first-order chi connectivity index (χ1) is 17.1. The van der Waals surface area contributed by atoms with Gasteiger partial charge in [-0.25, -0.2) is 4.79 Å². The second-order valence-electron chi connectivity index (χ2n) is 9.52. The van der Waals surface area contributed by atoms with E-state index in [-0.39, 0.29) is 5.15 Å². The van der Waals surface area contributed by atoms with Gasteiger partial charge in [-0.05, 0) is 56.7 Å². The highest BCUT2D eigenvalue weighted by molar-refractivity contribution is 6.32. The van der Waals surface area contributed by atoms with Crippen molar-refractivity contribution >= 4 is 34.8 Å². The number of amides is 1. The summed E-state index contributed by atoms with van der Waals surface area (Å²) in [5, 5.41) is 7.57. The first-order valence-corrected chi connectivity index (χ1v) is 12.1. The first-order valence-electron chi connectivity index (χ1n) is 11.8. The van der Waals surface area contributed by atoms with Crippen molar-refractivity contribution in [3.05, 3.63) is 53.2 Å². The highest BCUT2D eigenvalue weighted by Gasteiger charge is 2.24. The summed E-state index contributed by atoms with van der Waals surface area (Å²) in [7, 11) is 1.63. The average molecular weight is 514 g/mol. The number of morpholine rings is 1. The number of methoxy groups -OCH3 is 1. The number of anilines is 3. The van der Waals surface area contributed by atoms with Crippen molar-refractivity contribution in [1.29, 1.82) is 0 Å². The van der Waals surface area contributed by atoms with Crippen molar-refractivity contribution in [3.8, 4) is 17.0 Å². The monoisotopic (exact) mass is 513 g/mol. The van der Waals surface area contributed by atoms with Crippen LogP contribution in [-0.4, -0.2) is 54.9 Å². The van der Waals surface area contributed by atoms with Gasteiger partial charge in [0.15, 0.2) is 5.15 Å². The molecule has 0 aliphatic carbocycles. The van der Waals surface area contributed by atoms with Crippen molar-refractivity contribution in [1.82, 2.24) is 9.78 Å². The zero-order valence-corrected chi connectivity index (χ0v) is 21.8. The van der Waals surface area contributed by atoms with Gasteiger partial charge in [-0.2, -0.15) is 5.10 Å². The SMILES string of the molecule is COc1ccc(Cn2nc(Cl)c(N)c2-c2cc(N3CCOCC3)ccc2NC(=O)OC(C)(C)C)cc1. The van der Waals surface area contributed by atoms with Crippen LogP contribution in [0.3, 0.4) is 0 Å². The van der Waals surface area contributed by atoms with E-state index < -0.39 is 11.7 Å². The van der Waals surface area contributed by atoms with Gasteiger partial charge in [0.2, 0.25) is 0 Å². The van der Waals surface area contributed by atoms with Gasteiger partial charge in [0, 0.05) is 24.3 Å². The standard InChI is InChI=1S/C26H32ClN5O4/c1-26(2,3)36-25(33)29-21-10-7-18(31-11-13-35-14-12-31)15-20(21)23-22(28)24(27)30-32(23)16-17-5-8-19(34-4)9-6-17/h5-10,15H,11-14,16,28H2,1-4H3,(H,29,33). The van der Waals surface area contributed by atoms with Gasteiger partial charge in [-0.3, -0.25) is 10.00 Å². The number of aromatic nitrogens is 2. The molecule has 1 fully saturated rings. The molecule has 3 N–H and O–H groups in total. The second kappa shape index (κ2) is 10.7. The fourth-order valence-electron chi connectivity index (χ4n) is 4.02. The molecular formula is C26H32ClN5O4. The van der Waals surface area contributed by atoms with Gasteiger partial charge in [-0.1, -0.05) is 23.7 Å². The Morgan fingerprint density at radius 3 is 2.50 bits per heavy atom. The topological polar surface area (TPSA) is 104 Å². The van der Waals surface area contributed by atoms with E-state index in [0.717, 1.165) is 30.1 Å². The van der Waals surface area contributed by atoms with Gasteiger partial charge in [-0.15, -0.1) is 0 Å². The second-order valence-corrected chi connectivity index (χ2v) is 9.87. The largest absolute Gasteiger partial charge is 0.497 e. The van der Waals surface area contributed by atoms with Crippen molar-refractivity contribution in [2.75, 3.05) is 49.4 Å². The van der Waals surface area contributed by atoms with E-state index in [1.807, 2.05) is 63.2 Å². The van der Waals surface area contributed by atoms with E-state index in [2.05, 4.69) is 15.3 Å². The van der Waals surface area contributed by atoms with Gasteiger partial charge >= 0.3 is 6.09 Å². The van der Waals surface area contributed by atoms with Gasteiger partial charge in [0.05, 0.1) is 43.9 Å². The van der Waals surface area contributed by atoms with Crippen LogP contribution in [0.15, 0.2) is 42.5 Å². The summed E-state index contributed by atoms with van der Waals surface area (Å²) in [4.78, 5) is 14.9. The fourth-order valence-corrected chi connectivity index (χ4v) is 4.20. The van der Waals surface area contributed by atoms with Crippen LogP contribution in [0.25, 0.3) is 11.3 Å². The molecule has 0 unspecified atom stereocenters. The number of hydrogen-bond acceptors (Lipinski definition) is 7. The number of carbonyl (C=O) groups is 1. The molecule has 192 valence electrons. The smallest absolute Gasteiger partial charge is 0.412 e. The van der Waals surface area contributed by atoms with E-state index in [4.69, 9.17) is 31.5 Å². The number of halogens is 1. The predicted octanol–water partition coefficient (Wildman–Crippen LogP) is 5.03. The molecule has 1 aliphatic rings. The molecule has 0 spiro atoms. The van der Waals surface area contributed by atoms with E-state index in [9.17, 15) is 4.79 Å². The van der Waals surface area contributed by atoms with Gasteiger partial charge in [0.25, 0.3) is 0 Å². The van der Waals surface area contributed by atoms with E-state index >= 15 is 0 Å². The molecule has 10 heteroatoms. The molecule has 1 amide bonds. The third kappa shape index (κ3) is 6.03. The lowest BCUT2D eigenvalue weighted by Gasteiger charge is -2.29. The maximum Gasteiger partial charge on any atom is 0.412 e. The molecule has 1 saturated heterocycles. The van der Waals surface area contributed by atoms with Crippen molar-refractivity contribution in [3.63, 3.8) is 0 Å². The number of nitrogens with one attached hydrogen (secondary N) is 1. The van der Waals surface area contributed by atoms with Crippen LogP contribution in [0.4, 0.5) is 21.9 Å². The Kier molecular flexibility index (Phi) is 7.61. The van der Waals surface area contributed by atoms with Crippen LogP contribution in [-0.2, 0) is 16.0 Å². The number of ether oxygens (including phenoxy) is 3. The van der Waals surface area contributed by atoms with E-state index in [1.54, 1.807) is 11.8 Å². The third-order valence-corrected chi connectivity index (χ3v) is 5.98. The molecule has 1 aromatic heterocycles. The Bertz CT molecular complexity index is 1210. The molecule has 0 saturated carbocycles. The normalized spacial score (nSPS) is 14.0. The van der Waals surface area contributed by atoms with E-state index in [1.165, 1.54) is 0 Å². The molecule has 0 atom stereocenters. The molecular weight excluding hydrogens is 482 g/mol. The summed E-state index contributed by atoms with van der Waals surface area (Å²) >= 11 is 6.42. The minimum Gasteiger partial charge on any atom is -0.497 e. The molecule has 2 heterocycles. The molecule has 2 aromatic carbocycles. The van der Waals surface area contributed by atoms with Crippen LogP contribution in [0.1, 0.15) is 26.3 Å². The van der Waals surface area contributed by atoms with E-state index in [0.29, 0.717) is 42.4 Å². The number of nitrogens with zero attached hydrogens (tertiary/aromatic N) is 3. The Balaban J connectivity index is 1.77. The number of carbonyl (C=O) groups excluding carboxylic acids is 1. The summed E-state index contributed by atoms with van der Waals surface area (Å²) in [5.41, 5.74) is 9.95. The molecule has 0 radical (unpaired) electrons. The van der Waals surface area contributed by atoms with Crippen LogP contribution in [0.2, 0.25) is 5.15 Å². The first kappa shape index (κ1) is 25.7. The highest BCUT2D eigenvalue weighted by Crippen LogP contribution is 2.39. The number of benzene rings is 2. The lowest BCUT2D eigenvalue weighted by atomic mass is 10.1. The summed E-state index contributed by atoms with van der Waals surface area (Å²) in [6, 6.07) is 13.5. The van der Waals surface area contributed by atoms with Crippen LogP contribution >= 0.6 is 11.6 Å². The number of nitrogen functional groups attached to an aromatic ring is 1. The Morgan fingerprint density at radius 1 is 1.17 bits per heavy atom. The minimum absolute atomic E-state index is 0.193. The molecule has 36 heavy (non-hydrogen) atoms.